The van der Waals surface area contributed by atoms with Gasteiger partial charge < -0.3 is 10.2 Å². The van der Waals surface area contributed by atoms with Crippen LogP contribution in [0.3, 0.4) is 0 Å². The molecule has 0 radical (unpaired) electrons. The molecule has 2 aromatic rings. The quantitative estimate of drug-likeness (QED) is 0.325. The summed E-state index contributed by atoms with van der Waals surface area (Å²) >= 11 is 1.28. The zero-order valence-corrected chi connectivity index (χ0v) is 14.5. The molecule has 0 spiro atoms. The van der Waals surface area contributed by atoms with Gasteiger partial charge in [-0.1, -0.05) is 6.07 Å². The number of hydrogen-bond acceptors (Lipinski definition) is 7. The Morgan fingerprint density at radius 1 is 1.27 bits per heavy atom. The van der Waals surface area contributed by atoms with Crippen LogP contribution in [0.15, 0.2) is 46.2 Å². The minimum Gasteiger partial charge on any atom is -0.507 e. The summed E-state index contributed by atoms with van der Waals surface area (Å²) in [7, 11) is -4.32. The van der Waals surface area contributed by atoms with Crippen LogP contribution in [0.4, 0.5) is 0 Å². The lowest BCUT2D eigenvalue weighted by atomic mass is 10.2. The first-order valence-corrected chi connectivity index (χ1v) is 9.14. The van der Waals surface area contributed by atoms with E-state index in [9.17, 15) is 23.1 Å². The maximum atomic E-state index is 12.1. The van der Waals surface area contributed by atoms with Gasteiger partial charge in [0.15, 0.2) is 0 Å². The SMILES string of the molecule is N#CC(=Cc1cccs1)C(=O)NNS(=O)(=O)c1ccc(O)c(C(=O)O)c1. The third-order valence-corrected chi connectivity index (χ3v) is 5.07. The van der Waals surface area contributed by atoms with Crippen molar-refractivity contribution < 1.29 is 28.2 Å². The van der Waals surface area contributed by atoms with Crippen LogP contribution < -0.4 is 10.3 Å². The average Bonchev–Trinajstić information content (AvgIpc) is 3.10. The van der Waals surface area contributed by atoms with Gasteiger partial charge in [0.05, 0.1) is 4.90 Å². The maximum absolute atomic E-state index is 12.1. The van der Waals surface area contributed by atoms with Crippen LogP contribution in [0, 0.1) is 11.3 Å². The minimum absolute atomic E-state index is 0.327. The molecule has 0 aliphatic heterocycles. The number of sulfonamides is 1. The number of thiophene rings is 1. The molecular formula is C15H11N3O6S2. The Bertz CT molecular complexity index is 1020. The minimum atomic E-state index is -4.32. The first kappa shape index (κ1) is 19.1. The Labute approximate surface area is 151 Å². The largest absolute Gasteiger partial charge is 0.507 e. The fourth-order valence-corrected chi connectivity index (χ4v) is 3.28. The van der Waals surface area contributed by atoms with Crippen molar-refractivity contribution in [3.63, 3.8) is 0 Å². The summed E-state index contributed by atoms with van der Waals surface area (Å²) in [5.41, 5.74) is 0.932. The van der Waals surface area contributed by atoms with Crippen LogP contribution in [0.25, 0.3) is 6.08 Å². The number of hydrazine groups is 1. The van der Waals surface area contributed by atoms with Crippen molar-refractivity contribution in [2.75, 3.05) is 0 Å². The van der Waals surface area contributed by atoms with E-state index in [0.29, 0.717) is 4.88 Å². The van der Waals surface area contributed by atoms with E-state index in [1.165, 1.54) is 17.4 Å². The third-order valence-electron chi connectivity index (χ3n) is 3.00. The van der Waals surface area contributed by atoms with Gasteiger partial charge >= 0.3 is 5.97 Å². The molecule has 0 aliphatic carbocycles. The molecule has 0 aliphatic rings. The molecule has 4 N–H and O–H groups in total. The lowest BCUT2D eigenvalue weighted by Gasteiger charge is -2.09. The summed E-state index contributed by atoms with van der Waals surface area (Å²) in [6, 6.07) is 7.64. The van der Waals surface area contributed by atoms with E-state index in [1.54, 1.807) is 28.4 Å². The molecule has 1 aromatic heterocycles. The number of carboxylic acids is 1. The molecular weight excluding hydrogens is 382 g/mol. The number of phenols is 1. The number of nitrogens with zero attached hydrogens (tertiary/aromatic N) is 1. The van der Waals surface area contributed by atoms with E-state index in [4.69, 9.17) is 10.4 Å². The van der Waals surface area contributed by atoms with Gasteiger partial charge in [-0.2, -0.15) is 5.26 Å². The lowest BCUT2D eigenvalue weighted by Crippen LogP contribution is -2.42. The number of aromatic carboxylic acids is 1. The van der Waals surface area contributed by atoms with Gasteiger partial charge in [0, 0.05) is 4.88 Å². The molecule has 0 unspecified atom stereocenters. The zero-order chi connectivity index (χ0) is 19.3. The number of hydrogen-bond donors (Lipinski definition) is 4. The van der Waals surface area contributed by atoms with Crippen molar-refractivity contribution in [2.45, 2.75) is 4.90 Å². The predicted molar refractivity (Wildman–Crippen MR) is 91.4 cm³/mol. The lowest BCUT2D eigenvalue weighted by molar-refractivity contribution is -0.117. The number of carboxylic acid groups (broad SMARTS) is 1. The van der Waals surface area contributed by atoms with Crippen molar-refractivity contribution in [3.8, 4) is 11.8 Å². The molecule has 9 nitrogen and oxygen atoms in total. The van der Waals surface area contributed by atoms with E-state index in [0.717, 1.165) is 18.2 Å². The molecule has 2 rings (SSSR count). The number of nitriles is 1. The van der Waals surface area contributed by atoms with E-state index < -0.39 is 38.1 Å². The molecule has 0 bridgehead atoms. The molecule has 0 saturated heterocycles. The Hall–Kier alpha value is -3.20. The second-order valence-corrected chi connectivity index (χ2v) is 7.39. The van der Waals surface area contributed by atoms with Crippen LogP contribution in [0.5, 0.6) is 5.75 Å². The van der Waals surface area contributed by atoms with Gasteiger partial charge in [0.25, 0.3) is 15.9 Å². The molecule has 0 fully saturated rings. The zero-order valence-electron chi connectivity index (χ0n) is 12.8. The number of carbonyl (C=O) groups excluding carboxylic acids is 1. The second-order valence-electron chi connectivity index (χ2n) is 4.73. The van der Waals surface area contributed by atoms with Crippen LogP contribution in [0.1, 0.15) is 15.2 Å². The second kappa shape index (κ2) is 7.79. The normalized spacial score (nSPS) is 11.6. The molecule has 0 atom stereocenters. The van der Waals surface area contributed by atoms with Crippen molar-refractivity contribution in [3.05, 3.63) is 51.7 Å². The van der Waals surface area contributed by atoms with Crippen molar-refractivity contribution in [1.29, 1.82) is 5.26 Å². The summed E-state index contributed by atoms with van der Waals surface area (Å²) in [4.78, 5) is 24.8. The van der Waals surface area contributed by atoms with Gasteiger partial charge in [0.2, 0.25) is 0 Å². The van der Waals surface area contributed by atoms with Gasteiger partial charge in [-0.05, 0) is 35.7 Å². The van der Waals surface area contributed by atoms with Gasteiger partial charge in [-0.15, -0.1) is 16.2 Å². The summed E-state index contributed by atoms with van der Waals surface area (Å²) in [6.07, 6.45) is 1.29. The van der Waals surface area contributed by atoms with E-state index in [2.05, 4.69) is 0 Å². The average molecular weight is 393 g/mol. The summed E-state index contributed by atoms with van der Waals surface area (Å²) < 4.78 is 24.3. The Morgan fingerprint density at radius 3 is 2.58 bits per heavy atom. The summed E-state index contributed by atoms with van der Waals surface area (Å²) in [5, 5.41) is 29.1. The van der Waals surface area contributed by atoms with Crippen LogP contribution in [0.2, 0.25) is 0 Å². The number of aromatic hydroxyl groups is 1. The maximum Gasteiger partial charge on any atom is 0.339 e. The highest BCUT2D eigenvalue weighted by Gasteiger charge is 2.20. The first-order chi connectivity index (χ1) is 12.2. The fourth-order valence-electron chi connectivity index (χ4n) is 1.76. The number of rotatable bonds is 6. The van der Waals surface area contributed by atoms with Crippen LogP contribution >= 0.6 is 11.3 Å². The van der Waals surface area contributed by atoms with Crippen molar-refractivity contribution >= 4 is 39.3 Å². The van der Waals surface area contributed by atoms with Gasteiger partial charge in [-0.3, -0.25) is 10.2 Å². The Balaban J connectivity index is 2.17. The van der Waals surface area contributed by atoms with E-state index >= 15 is 0 Å². The van der Waals surface area contributed by atoms with Gasteiger partial charge in [0.1, 0.15) is 23.0 Å². The number of amides is 1. The first-order valence-electron chi connectivity index (χ1n) is 6.78. The topological polar surface area (TPSA) is 157 Å². The number of benzene rings is 1. The van der Waals surface area contributed by atoms with Crippen LogP contribution in [-0.4, -0.2) is 30.5 Å². The highest BCUT2D eigenvalue weighted by Crippen LogP contribution is 2.21. The fraction of sp³-hybridized carbons (Fsp3) is 0. The Kier molecular flexibility index (Phi) is 5.73. The molecule has 0 saturated carbocycles. The third kappa shape index (κ3) is 4.45. The smallest absolute Gasteiger partial charge is 0.339 e. The summed E-state index contributed by atoms with van der Waals surface area (Å²) in [6.45, 7) is 0. The van der Waals surface area contributed by atoms with Crippen LogP contribution in [-0.2, 0) is 14.8 Å². The number of carbonyl (C=O) groups is 2. The Morgan fingerprint density at radius 2 is 2.00 bits per heavy atom. The standard InChI is InChI=1S/C15H11N3O6S2/c16-8-9(6-10-2-1-5-25-10)14(20)17-18-26(23,24)11-3-4-13(19)12(7-11)15(21)22/h1-7,18-19H,(H,17,20)(H,21,22). The predicted octanol–water partition coefficient (Wildman–Crippen LogP) is 1.07. The van der Waals surface area contributed by atoms with E-state index in [-0.39, 0.29) is 5.57 Å². The summed E-state index contributed by atoms with van der Waals surface area (Å²) in [5.74, 6) is -3.11. The molecule has 11 heteroatoms. The molecule has 1 heterocycles. The monoisotopic (exact) mass is 393 g/mol. The van der Waals surface area contributed by atoms with E-state index in [1.807, 2.05) is 5.43 Å². The molecule has 134 valence electrons. The highest BCUT2D eigenvalue weighted by atomic mass is 32.2. The van der Waals surface area contributed by atoms with Crippen molar-refractivity contribution in [1.82, 2.24) is 10.3 Å². The molecule has 26 heavy (non-hydrogen) atoms. The van der Waals surface area contributed by atoms with Gasteiger partial charge in [-0.25, -0.2) is 13.2 Å². The number of nitrogens with one attached hydrogen (secondary N) is 2. The van der Waals surface area contributed by atoms with Crippen molar-refractivity contribution in [2.24, 2.45) is 0 Å². The molecule has 1 aromatic carbocycles. The highest BCUT2D eigenvalue weighted by molar-refractivity contribution is 7.89. The molecule has 1 amide bonds.